The van der Waals surface area contributed by atoms with Gasteiger partial charge in [-0.1, -0.05) is 43.7 Å². The molecule has 0 saturated carbocycles. The Hall–Kier alpha value is -2.47. The van der Waals surface area contributed by atoms with Crippen LogP contribution in [0.2, 0.25) is 0 Å². The van der Waals surface area contributed by atoms with Crippen LogP contribution < -0.4 is 5.32 Å². The summed E-state index contributed by atoms with van der Waals surface area (Å²) in [6.07, 6.45) is 6.81. The predicted molar refractivity (Wildman–Crippen MR) is 102 cm³/mol. The third-order valence-corrected chi connectivity index (χ3v) is 4.34. The fraction of sp³-hybridized carbons (Fsp3) is 0.316. The summed E-state index contributed by atoms with van der Waals surface area (Å²) in [5.41, 5.74) is 0.953. The highest BCUT2D eigenvalue weighted by molar-refractivity contribution is 7.15. The van der Waals surface area contributed by atoms with Crippen LogP contribution in [0.3, 0.4) is 0 Å². The number of thiazole rings is 1. The Morgan fingerprint density at radius 2 is 2.04 bits per heavy atom. The molecule has 2 amide bonds. The zero-order valence-corrected chi connectivity index (χ0v) is 15.4. The molecule has 0 unspecified atom stereocenters. The molecule has 0 radical (unpaired) electrons. The van der Waals surface area contributed by atoms with Gasteiger partial charge in [-0.05, 0) is 25.0 Å². The molecule has 25 heavy (non-hydrogen) atoms. The van der Waals surface area contributed by atoms with Gasteiger partial charge < -0.3 is 10.2 Å². The van der Waals surface area contributed by atoms with E-state index in [0.29, 0.717) is 11.7 Å². The molecule has 0 aliphatic heterocycles. The second-order valence-corrected chi connectivity index (χ2v) is 6.92. The minimum atomic E-state index is -0.230. The van der Waals surface area contributed by atoms with E-state index in [-0.39, 0.29) is 18.4 Å². The van der Waals surface area contributed by atoms with E-state index in [1.165, 1.54) is 17.4 Å². The number of hydrogen-bond donors (Lipinski definition) is 1. The summed E-state index contributed by atoms with van der Waals surface area (Å²) in [6, 6.07) is 9.62. The van der Waals surface area contributed by atoms with E-state index in [1.807, 2.05) is 37.3 Å². The maximum absolute atomic E-state index is 12.5. The molecule has 0 aliphatic rings. The second kappa shape index (κ2) is 9.74. The molecule has 5 nitrogen and oxygen atoms in total. The first kappa shape index (κ1) is 18.9. The quantitative estimate of drug-likeness (QED) is 0.732. The summed E-state index contributed by atoms with van der Waals surface area (Å²) in [7, 11) is 0. The number of carbonyl (C=O) groups excluding carboxylic acids is 2. The first-order valence-electron chi connectivity index (χ1n) is 8.33. The van der Waals surface area contributed by atoms with Crippen LogP contribution in [-0.2, 0) is 9.59 Å². The van der Waals surface area contributed by atoms with Crippen molar-refractivity contribution >= 4 is 34.4 Å². The van der Waals surface area contributed by atoms with Crippen LogP contribution in [0.1, 0.15) is 30.2 Å². The van der Waals surface area contributed by atoms with Gasteiger partial charge in [0.05, 0.1) is 0 Å². The predicted octanol–water partition coefficient (Wildman–Crippen LogP) is 3.73. The molecular weight excluding hydrogens is 334 g/mol. The number of benzene rings is 1. The maximum atomic E-state index is 12.5. The highest BCUT2D eigenvalue weighted by atomic mass is 32.1. The van der Waals surface area contributed by atoms with Gasteiger partial charge >= 0.3 is 0 Å². The molecule has 1 N–H and O–H groups in total. The number of carbonyl (C=O) groups is 2. The summed E-state index contributed by atoms with van der Waals surface area (Å²) in [4.78, 5) is 31.4. The van der Waals surface area contributed by atoms with Gasteiger partial charge in [0.2, 0.25) is 11.8 Å². The van der Waals surface area contributed by atoms with Crippen LogP contribution in [0.4, 0.5) is 5.13 Å². The van der Waals surface area contributed by atoms with Gasteiger partial charge in [0.1, 0.15) is 6.54 Å². The third-order valence-electron chi connectivity index (χ3n) is 3.51. The molecule has 2 rings (SSSR count). The first-order valence-corrected chi connectivity index (χ1v) is 9.14. The van der Waals surface area contributed by atoms with Crippen LogP contribution in [0.5, 0.6) is 0 Å². The Bertz CT molecular complexity index is 725. The maximum Gasteiger partial charge on any atom is 0.247 e. The molecule has 0 bridgehead atoms. The third kappa shape index (κ3) is 6.51. The van der Waals surface area contributed by atoms with Crippen molar-refractivity contribution in [1.82, 2.24) is 9.88 Å². The van der Waals surface area contributed by atoms with Crippen LogP contribution in [-0.4, -0.2) is 34.8 Å². The van der Waals surface area contributed by atoms with E-state index in [4.69, 9.17) is 0 Å². The molecule has 0 fully saturated rings. The van der Waals surface area contributed by atoms with Crippen molar-refractivity contribution in [3.63, 3.8) is 0 Å². The summed E-state index contributed by atoms with van der Waals surface area (Å²) in [6.45, 7) is 4.56. The zero-order chi connectivity index (χ0) is 18.1. The van der Waals surface area contributed by atoms with E-state index in [2.05, 4.69) is 17.2 Å². The Kier molecular flexibility index (Phi) is 7.35. The van der Waals surface area contributed by atoms with Gasteiger partial charge in [0, 0.05) is 23.7 Å². The Morgan fingerprint density at radius 1 is 1.28 bits per heavy atom. The standard InChI is InChI=1S/C19H23N3O2S/c1-3-4-12-22(14-17(23)21-19-20-13-15(2)25-19)18(24)11-10-16-8-6-5-7-9-16/h5-11,13H,3-4,12,14H2,1-2H3,(H,20,21,23)/b11-10+. The van der Waals surface area contributed by atoms with Crippen molar-refractivity contribution in [2.24, 2.45) is 0 Å². The molecule has 0 atom stereocenters. The topological polar surface area (TPSA) is 62.3 Å². The molecule has 1 heterocycles. The Balaban J connectivity index is 1.97. The molecule has 1 aromatic heterocycles. The van der Waals surface area contributed by atoms with Crippen molar-refractivity contribution < 1.29 is 9.59 Å². The number of aryl methyl sites for hydroxylation is 1. The van der Waals surface area contributed by atoms with Crippen molar-refractivity contribution in [3.8, 4) is 0 Å². The van der Waals surface area contributed by atoms with Gasteiger partial charge in [-0.3, -0.25) is 9.59 Å². The number of nitrogens with zero attached hydrogens (tertiary/aromatic N) is 2. The molecule has 6 heteroatoms. The van der Waals surface area contributed by atoms with Crippen LogP contribution in [0.15, 0.2) is 42.6 Å². The minimum Gasteiger partial charge on any atom is -0.330 e. The monoisotopic (exact) mass is 357 g/mol. The zero-order valence-electron chi connectivity index (χ0n) is 14.6. The lowest BCUT2D eigenvalue weighted by Crippen LogP contribution is -2.37. The lowest BCUT2D eigenvalue weighted by molar-refractivity contribution is -0.130. The first-order chi connectivity index (χ1) is 12.1. The fourth-order valence-corrected chi connectivity index (χ4v) is 2.88. The van der Waals surface area contributed by atoms with Gasteiger partial charge in [-0.2, -0.15) is 0 Å². The second-order valence-electron chi connectivity index (χ2n) is 5.68. The van der Waals surface area contributed by atoms with E-state index in [0.717, 1.165) is 23.3 Å². The van der Waals surface area contributed by atoms with Crippen molar-refractivity contribution in [1.29, 1.82) is 0 Å². The smallest absolute Gasteiger partial charge is 0.247 e. The van der Waals surface area contributed by atoms with Gasteiger partial charge in [-0.15, -0.1) is 11.3 Å². The van der Waals surface area contributed by atoms with Crippen LogP contribution in [0.25, 0.3) is 6.08 Å². The molecular formula is C19H23N3O2S. The molecule has 0 aliphatic carbocycles. The Morgan fingerprint density at radius 3 is 2.68 bits per heavy atom. The molecule has 0 spiro atoms. The summed E-state index contributed by atoms with van der Waals surface area (Å²) in [5, 5.41) is 3.31. The van der Waals surface area contributed by atoms with Crippen molar-refractivity contribution in [3.05, 3.63) is 53.0 Å². The highest BCUT2D eigenvalue weighted by Crippen LogP contribution is 2.16. The minimum absolute atomic E-state index is 0.0244. The molecule has 2 aromatic rings. The summed E-state index contributed by atoms with van der Waals surface area (Å²) < 4.78 is 0. The fourth-order valence-electron chi connectivity index (χ4n) is 2.20. The lowest BCUT2D eigenvalue weighted by atomic mass is 10.2. The number of unbranched alkanes of at least 4 members (excludes halogenated alkanes) is 1. The summed E-state index contributed by atoms with van der Waals surface area (Å²) in [5.74, 6) is -0.394. The van der Waals surface area contributed by atoms with Gasteiger partial charge in [-0.25, -0.2) is 4.98 Å². The average Bonchev–Trinajstić information content (AvgIpc) is 3.02. The number of nitrogens with one attached hydrogen (secondary N) is 1. The average molecular weight is 357 g/mol. The van der Waals surface area contributed by atoms with E-state index >= 15 is 0 Å². The van der Waals surface area contributed by atoms with Crippen molar-refractivity contribution in [2.45, 2.75) is 26.7 Å². The molecule has 132 valence electrons. The number of hydrogen-bond acceptors (Lipinski definition) is 4. The van der Waals surface area contributed by atoms with E-state index in [1.54, 1.807) is 17.2 Å². The Labute approximate surface area is 152 Å². The molecule has 1 aromatic carbocycles. The lowest BCUT2D eigenvalue weighted by Gasteiger charge is -2.20. The largest absolute Gasteiger partial charge is 0.330 e. The number of anilines is 1. The number of rotatable bonds is 8. The normalized spacial score (nSPS) is 10.8. The van der Waals surface area contributed by atoms with E-state index < -0.39 is 0 Å². The van der Waals surface area contributed by atoms with Gasteiger partial charge in [0.25, 0.3) is 0 Å². The van der Waals surface area contributed by atoms with E-state index in [9.17, 15) is 9.59 Å². The van der Waals surface area contributed by atoms with Crippen LogP contribution in [0, 0.1) is 6.92 Å². The summed E-state index contributed by atoms with van der Waals surface area (Å²) >= 11 is 1.42. The van der Waals surface area contributed by atoms with Crippen LogP contribution >= 0.6 is 11.3 Å². The molecule has 0 saturated heterocycles. The van der Waals surface area contributed by atoms with Crippen molar-refractivity contribution in [2.75, 3.05) is 18.4 Å². The number of aromatic nitrogens is 1. The number of amides is 2. The highest BCUT2D eigenvalue weighted by Gasteiger charge is 2.15. The SMILES string of the molecule is CCCCN(CC(=O)Nc1ncc(C)s1)C(=O)/C=C/c1ccccc1. The van der Waals surface area contributed by atoms with Gasteiger partial charge in [0.15, 0.2) is 5.13 Å².